The number of benzene rings is 1. The van der Waals surface area contributed by atoms with Crippen LogP contribution in [0.25, 0.3) is 11.4 Å². The van der Waals surface area contributed by atoms with Crippen molar-refractivity contribution in [1.82, 2.24) is 20.3 Å². The Kier molecular flexibility index (Phi) is 6.18. The number of nitrogens with zero attached hydrogens (tertiary/aromatic N) is 3. The van der Waals surface area contributed by atoms with Crippen molar-refractivity contribution in [1.29, 1.82) is 0 Å². The van der Waals surface area contributed by atoms with Gasteiger partial charge in [-0.1, -0.05) is 13.8 Å². The Bertz CT molecular complexity index is 1140. The third-order valence-corrected chi connectivity index (χ3v) is 5.85. The molecule has 1 amide bonds. The van der Waals surface area contributed by atoms with Crippen molar-refractivity contribution in [3.63, 3.8) is 0 Å². The number of hydrogen-bond acceptors (Lipinski definition) is 7. The number of aromatic nitrogens is 3. The van der Waals surface area contributed by atoms with Crippen LogP contribution in [0.2, 0.25) is 0 Å². The lowest BCUT2D eigenvalue weighted by Crippen LogP contribution is -2.37. The standard InChI is InChI=1S/C25H28N4O4/c1-25(2)12-18-17(14-27-23(28-18)15-6-8-26-9-7-15)19(13-25)29-24(30)16-10-20(31-3)22(33-5)21(11-16)32-4/h6-11,14,19H,12-13H2,1-5H3,(H,29,30)/t19-/m0/s1. The fourth-order valence-electron chi connectivity index (χ4n) is 4.27. The Hall–Kier alpha value is -3.68. The van der Waals surface area contributed by atoms with Crippen LogP contribution in [-0.2, 0) is 6.42 Å². The number of amides is 1. The SMILES string of the molecule is COc1cc(C(=O)N[C@H]2CC(C)(C)Cc3nc(-c4ccncc4)ncc32)cc(OC)c1OC. The zero-order valence-corrected chi connectivity index (χ0v) is 19.5. The van der Waals surface area contributed by atoms with E-state index in [-0.39, 0.29) is 17.4 Å². The average molecular weight is 449 g/mol. The first-order chi connectivity index (χ1) is 15.8. The van der Waals surface area contributed by atoms with Gasteiger partial charge in [0.05, 0.1) is 33.1 Å². The molecule has 0 fully saturated rings. The lowest BCUT2D eigenvalue weighted by Gasteiger charge is -2.36. The van der Waals surface area contributed by atoms with Gasteiger partial charge in [-0.15, -0.1) is 0 Å². The molecule has 8 heteroatoms. The predicted octanol–water partition coefficient (Wildman–Crippen LogP) is 4.01. The van der Waals surface area contributed by atoms with E-state index >= 15 is 0 Å². The second kappa shape index (κ2) is 9.05. The first-order valence-electron chi connectivity index (χ1n) is 10.7. The molecular formula is C25H28N4O4. The highest BCUT2D eigenvalue weighted by Crippen LogP contribution is 2.41. The highest BCUT2D eigenvalue weighted by molar-refractivity contribution is 5.96. The van der Waals surface area contributed by atoms with Crippen LogP contribution in [0.3, 0.4) is 0 Å². The highest BCUT2D eigenvalue weighted by atomic mass is 16.5. The number of hydrogen-bond donors (Lipinski definition) is 1. The summed E-state index contributed by atoms with van der Waals surface area (Å²) in [4.78, 5) is 26.7. The molecule has 0 bridgehead atoms. The van der Waals surface area contributed by atoms with E-state index in [0.717, 1.165) is 29.7 Å². The van der Waals surface area contributed by atoms with Crippen LogP contribution in [0, 0.1) is 5.41 Å². The van der Waals surface area contributed by atoms with E-state index in [1.807, 2.05) is 18.3 Å². The molecule has 8 nitrogen and oxygen atoms in total. The molecule has 2 aromatic heterocycles. The lowest BCUT2D eigenvalue weighted by molar-refractivity contribution is 0.0918. The van der Waals surface area contributed by atoms with Crippen LogP contribution in [0.4, 0.5) is 0 Å². The Morgan fingerprint density at radius 2 is 1.73 bits per heavy atom. The maximum absolute atomic E-state index is 13.2. The van der Waals surface area contributed by atoms with E-state index in [9.17, 15) is 4.79 Å². The number of nitrogens with one attached hydrogen (secondary N) is 1. The number of pyridine rings is 1. The molecule has 0 aliphatic heterocycles. The van der Waals surface area contributed by atoms with Gasteiger partial charge in [-0.25, -0.2) is 9.97 Å². The second-order valence-electron chi connectivity index (χ2n) is 8.82. The van der Waals surface area contributed by atoms with Crippen molar-refractivity contribution < 1.29 is 19.0 Å². The van der Waals surface area contributed by atoms with Gasteiger partial charge >= 0.3 is 0 Å². The summed E-state index contributed by atoms with van der Waals surface area (Å²) in [6.45, 7) is 4.37. The number of carbonyl (C=O) groups excluding carboxylic acids is 1. The molecule has 33 heavy (non-hydrogen) atoms. The smallest absolute Gasteiger partial charge is 0.252 e. The molecule has 2 heterocycles. The third-order valence-electron chi connectivity index (χ3n) is 5.85. The minimum Gasteiger partial charge on any atom is -0.493 e. The van der Waals surface area contributed by atoms with E-state index < -0.39 is 0 Å². The van der Waals surface area contributed by atoms with Gasteiger partial charge in [-0.2, -0.15) is 0 Å². The first-order valence-corrected chi connectivity index (χ1v) is 10.7. The summed E-state index contributed by atoms with van der Waals surface area (Å²) in [5, 5.41) is 3.17. The maximum atomic E-state index is 13.2. The number of methoxy groups -OCH3 is 3. The summed E-state index contributed by atoms with van der Waals surface area (Å²) >= 11 is 0. The number of ether oxygens (including phenoxy) is 3. The van der Waals surface area contributed by atoms with Crippen molar-refractivity contribution in [3.05, 3.63) is 59.7 Å². The fraction of sp³-hybridized carbons (Fsp3) is 0.360. The van der Waals surface area contributed by atoms with Crippen LogP contribution in [0.5, 0.6) is 17.2 Å². The van der Waals surface area contributed by atoms with E-state index in [2.05, 4.69) is 29.1 Å². The van der Waals surface area contributed by atoms with Crippen LogP contribution >= 0.6 is 0 Å². The molecule has 1 atom stereocenters. The molecule has 4 rings (SSSR count). The van der Waals surface area contributed by atoms with Crippen molar-refractivity contribution in [3.8, 4) is 28.6 Å². The van der Waals surface area contributed by atoms with E-state index in [1.54, 1.807) is 24.5 Å². The summed E-state index contributed by atoms with van der Waals surface area (Å²) < 4.78 is 16.2. The molecule has 0 saturated carbocycles. The van der Waals surface area contributed by atoms with Gasteiger partial charge < -0.3 is 19.5 Å². The molecule has 3 aromatic rings. The van der Waals surface area contributed by atoms with Gasteiger partial charge in [0.25, 0.3) is 5.91 Å². The molecule has 0 saturated heterocycles. The first kappa shape index (κ1) is 22.5. The Morgan fingerprint density at radius 3 is 2.33 bits per heavy atom. The summed E-state index contributed by atoms with van der Waals surface area (Å²) in [5.74, 6) is 1.72. The largest absolute Gasteiger partial charge is 0.493 e. The predicted molar refractivity (Wildman–Crippen MR) is 124 cm³/mol. The number of carbonyl (C=O) groups is 1. The molecule has 1 aliphatic rings. The average Bonchev–Trinajstić information content (AvgIpc) is 2.82. The van der Waals surface area contributed by atoms with Gasteiger partial charge in [-0.05, 0) is 42.5 Å². The molecule has 1 N–H and O–H groups in total. The molecule has 1 aromatic carbocycles. The normalized spacial score (nSPS) is 16.5. The molecule has 0 spiro atoms. The topological polar surface area (TPSA) is 95.5 Å². The van der Waals surface area contributed by atoms with Crippen molar-refractivity contribution in [2.45, 2.75) is 32.7 Å². The van der Waals surface area contributed by atoms with Crippen molar-refractivity contribution in [2.24, 2.45) is 5.41 Å². The van der Waals surface area contributed by atoms with E-state index in [1.165, 1.54) is 21.3 Å². The van der Waals surface area contributed by atoms with Gasteiger partial charge in [0.2, 0.25) is 5.75 Å². The van der Waals surface area contributed by atoms with Gasteiger partial charge in [0.1, 0.15) is 0 Å². The van der Waals surface area contributed by atoms with E-state index in [4.69, 9.17) is 19.2 Å². The molecule has 1 aliphatic carbocycles. The second-order valence-corrected chi connectivity index (χ2v) is 8.82. The Balaban J connectivity index is 1.66. The number of rotatable bonds is 6. The molecule has 172 valence electrons. The molecule has 0 unspecified atom stereocenters. The monoisotopic (exact) mass is 448 g/mol. The summed E-state index contributed by atoms with van der Waals surface area (Å²) in [6, 6.07) is 6.85. The van der Waals surface area contributed by atoms with Crippen LogP contribution in [0.1, 0.15) is 47.9 Å². The minimum absolute atomic E-state index is 0.0376. The van der Waals surface area contributed by atoms with Gasteiger partial charge in [0.15, 0.2) is 17.3 Å². The van der Waals surface area contributed by atoms with Gasteiger partial charge in [0, 0.05) is 35.3 Å². The fourth-order valence-corrected chi connectivity index (χ4v) is 4.27. The maximum Gasteiger partial charge on any atom is 0.252 e. The van der Waals surface area contributed by atoms with Gasteiger partial charge in [-0.3, -0.25) is 9.78 Å². The van der Waals surface area contributed by atoms with Crippen LogP contribution in [-0.4, -0.2) is 42.2 Å². The summed E-state index contributed by atoms with van der Waals surface area (Å²) in [7, 11) is 4.58. The highest BCUT2D eigenvalue weighted by Gasteiger charge is 2.35. The third kappa shape index (κ3) is 4.60. The van der Waals surface area contributed by atoms with E-state index in [0.29, 0.717) is 28.6 Å². The van der Waals surface area contributed by atoms with Crippen LogP contribution in [0.15, 0.2) is 42.9 Å². The number of fused-ring (bicyclic) bond motifs is 1. The summed E-state index contributed by atoms with van der Waals surface area (Å²) in [5.41, 5.74) is 3.18. The van der Waals surface area contributed by atoms with Crippen molar-refractivity contribution in [2.75, 3.05) is 21.3 Å². The summed E-state index contributed by atoms with van der Waals surface area (Å²) in [6.07, 6.45) is 6.85. The minimum atomic E-state index is -0.235. The quantitative estimate of drug-likeness (QED) is 0.609. The zero-order valence-electron chi connectivity index (χ0n) is 19.5. The Labute approximate surface area is 193 Å². The molecular weight excluding hydrogens is 420 g/mol. The zero-order chi connectivity index (χ0) is 23.6. The Morgan fingerprint density at radius 1 is 1.06 bits per heavy atom. The van der Waals surface area contributed by atoms with Crippen LogP contribution < -0.4 is 19.5 Å². The molecule has 0 radical (unpaired) electrons. The lowest BCUT2D eigenvalue weighted by atomic mass is 9.74. The van der Waals surface area contributed by atoms with Crippen molar-refractivity contribution >= 4 is 5.91 Å².